The van der Waals surface area contributed by atoms with Crippen molar-refractivity contribution in [3.05, 3.63) is 41.7 Å². The molecule has 1 aromatic carbocycles. The molecule has 2 atom stereocenters. The average molecular weight is 403 g/mol. The molecule has 1 aromatic rings. The first kappa shape index (κ1) is 21.3. The molecule has 2 heterocycles. The fourth-order valence-corrected chi connectivity index (χ4v) is 3.62. The number of hydrogen-bond acceptors (Lipinski definition) is 5. The number of amides is 1. The maximum Gasteiger partial charge on any atom is 0.326 e. The predicted molar refractivity (Wildman–Crippen MR) is 106 cm³/mol. The predicted octanol–water partition coefficient (Wildman–Crippen LogP) is 2.98. The lowest BCUT2D eigenvalue weighted by molar-refractivity contribution is -0.148. The molecular weight excluding hydrogens is 374 g/mol. The number of benzene rings is 1. The van der Waals surface area contributed by atoms with Gasteiger partial charge in [0.2, 0.25) is 0 Å². The van der Waals surface area contributed by atoms with Crippen LogP contribution in [0.1, 0.15) is 39.7 Å². The van der Waals surface area contributed by atoms with Gasteiger partial charge in [-0.05, 0) is 43.9 Å². The zero-order chi connectivity index (χ0) is 21.2. The van der Waals surface area contributed by atoms with Gasteiger partial charge in [-0.1, -0.05) is 26.0 Å². The second-order valence-electron chi connectivity index (χ2n) is 8.46. The Morgan fingerprint density at radius 3 is 2.55 bits per heavy atom. The first-order valence-electron chi connectivity index (χ1n) is 9.95. The van der Waals surface area contributed by atoms with E-state index >= 15 is 0 Å². The number of rotatable bonds is 8. The van der Waals surface area contributed by atoms with Gasteiger partial charge in [0.25, 0.3) is 5.91 Å². The summed E-state index contributed by atoms with van der Waals surface area (Å²) in [5.41, 5.74) is 1.10. The monoisotopic (exact) mass is 403 g/mol. The van der Waals surface area contributed by atoms with Gasteiger partial charge in [0.05, 0.1) is 19.3 Å². The molecule has 29 heavy (non-hydrogen) atoms. The van der Waals surface area contributed by atoms with E-state index in [1.54, 1.807) is 0 Å². The third-order valence-corrected chi connectivity index (χ3v) is 4.95. The van der Waals surface area contributed by atoms with E-state index in [2.05, 4.69) is 0 Å². The van der Waals surface area contributed by atoms with Crippen LogP contribution in [0.4, 0.5) is 0 Å². The maximum atomic E-state index is 12.3. The van der Waals surface area contributed by atoms with Crippen LogP contribution in [0.3, 0.4) is 0 Å². The van der Waals surface area contributed by atoms with E-state index in [0.29, 0.717) is 24.5 Å². The Hall–Kier alpha value is -2.38. The van der Waals surface area contributed by atoms with Crippen LogP contribution in [-0.4, -0.2) is 53.0 Å². The van der Waals surface area contributed by atoms with Gasteiger partial charge >= 0.3 is 5.97 Å². The van der Waals surface area contributed by atoms with Gasteiger partial charge in [-0.2, -0.15) is 0 Å². The summed E-state index contributed by atoms with van der Waals surface area (Å²) in [6.45, 7) is 8.41. The molecule has 0 aromatic heterocycles. The van der Waals surface area contributed by atoms with Crippen LogP contribution >= 0.6 is 0 Å². The third kappa shape index (κ3) is 5.58. The maximum absolute atomic E-state index is 12.3. The molecular formula is C22H29NO6. The highest BCUT2D eigenvalue weighted by Gasteiger charge is 2.35. The quantitative estimate of drug-likeness (QED) is 0.718. The van der Waals surface area contributed by atoms with Crippen LogP contribution in [0.15, 0.2) is 36.1 Å². The Morgan fingerprint density at radius 2 is 2.00 bits per heavy atom. The van der Waals surface area contributed by atoms with E-state index in [4.69, 9.17) is 14.2 Å². The first-order valence-corrected chi connectivity index (χ1v) is 9.95. The van der Waals surface area contributed by atoms with Crippen molar-refractivity contribution >= 4 is 11.9 Å². The summed E-state index contributed by atoms with van der Waals surface area (Å²) in [6, 6.07) is 6.75. The van der Waals surface area contributed by atoms with Gasteiger partial charge in [-0.3, -0.25) is 4.79 Å². The summed E-state index contributed by atoms with van der Waals surface area (Å²) >= 11 is 0. The fourth-order valence-electron chi connectivity index (χ4n) is 3.62. The average Bonchev–Trinajstić information content (AvgIpc) is 3.15. The number of carbonyl (C=O) groups excluding carboxylic acids is 1. The van der Waals surface area contributed by atoms with Crippen molar-refractivity contribution in [1.29, 1.82) is 0 Å². The van der Waals surface area contributed by atoms with Crippen molar-refractivity contribution in [1.82, 2.24) is 4.90 Å². The van der Waals surface area contributed by atoms with Gasteiger partial charge in [0.1, 0.15) is 17.6 Å². The molecule has 158 valence electrons. The zero-order valence-corrected chi connectivity index (χ0v) is 17.4. The van der Waals surface area contributed by atoms with E-state index in [-0.39, 0.29) is 24.5 Å². The van der Waals surface area contributed by atoms with Crippen molar-refractivity contribution in [2.24, 2.45) is 5.92 Å². The minimum Gasteiger partial charge on any atom is -0.480 e. The second-order valence-corrected chi connectivity index (χ2v) is 8.46. The summed E-state index contributed by atoms with van der Waals surface area (Å²) in [7, 11) is 0. The Bertz CT molecular complexity index is 783. The summed E-state index contributed by atoms with van der Waals surface area (Å²) < 4.78 is 17.2. The van der Waals surface area contributed by atoms with Crippen molar-refractivity contribution in [3.8, 4) is 5.75 Å². The summed E-state index contributed by atoms with van der Waals surface area (Å²) in [5.74, 6) is -0.634. The van der Waals surface area contributed by atoms with E-state index in [0.717, 1.165) is 12.0 Å². The summed E-state index contributed by atoms with van der Waals surface area (Å²) in [5, 5.41) is 9.48. The molecule has 0 unspecified atom stereocenters. The van der Waals surface area contributed by atoms with Crippen molar-refractivity contribution in [2.75, 3.05) is 13.2 Å². The van der Waals surface area contributed by atoms with Crippen LogP contribution in [0.25, 0.3) is 0 Å². The van der Waals surface area contributed by atoms with Crippen LogP contribution in [0, 0.1) is 5.92 Å². The van der Waals surface area contributed by atoms with Gasteiger partial charge < -0.3 is 24.2 Å². The van der Waals surface area contributed by atoms with Crippen LogP contribution in [0.5, 0.6) is 5.75 Å². The molecule has 3 rings (SSSR count). The van der Waals surface area contributed by atoms with E-state index in [1.807, 2.05) is 52.0 Å². The van der Waals surface area contributed by atoms with Gasteiger partial charge in [-0.25, -0.2) is 4.79 Å². The molecule has 0 saturated carbocycles. The number of carboxylic acids is 1. The normalized spacial score (nSPS) is 22.1. The Morgan fingerprint density at radius 1 is 1.31 bits per heavy atom. The van der Waals surface area contributed by atoms with Crippen molar-refractivity contribution < 1.29 is 28.9 Å². The fraction of sp³-hybridized carbons (Fsp3) is 0.545. The molecule has 2 aliphatic heterocycles. The molecule has 0 bridgehead atoms. The van der Waals surface area contributed by atoms with E-state index in [9.17, 15) is 14.7 Å². The number of hydrogen-bond donors (Lipinski definition) is 1. The molecule has 0 aliphatic carbocycles. The molecule has 1 saturated heterocycles. The Kier molecular flexibility index (Phi) is 6.29. The van der Waals surface area contributed by atoms with Gasteiger partial charge in [0, 0.05) is 12.5 Å². The van der Waals surface area contributed by atoms with Crippen molar-refractivity contribution in [3.63, 3.8) is 0 Å². The molecule has 2 aliphatic rings. The summed E-state index contributed by atoms with van der Waals surface area (Å²) in [6.07, 6.45) is 2.54. The van der Waals surface area contributed by atoms with Crippen LogP contribution < -0.4 is 4.74 Å². The highest BCUT2D eigenvalue weighted by molar-refractivity contribution is 5.94. The standard InChI is InChI=1S/C22H29NO6/c1-14(2)9-19(21(25)26)23-12-17(11-20(23)24)28-16-7-5-15(6-8-16)10-18-13-27-22(3,4)29-18/h5-8,11,14,18-19H,9-10,12-13H2,1-4H3,(H,25,26)/t18-,19-/m0/s1. The molecule has 0 spiro atoms. The molecule has 0 radical (unpaired) electrons. The highest BCUT2D eigenvalue weighted by atomic mass is 16.7. The molecule has 7 nitrogen and oxygen atoms in total. The van der Waals surface area contributed by atoms with Crippen molar-refractivity contribution in [2.45, 2.75) is 58.5 Å². The number of carboxylic acid groups (broad SMARTS) is 1. The molecule has 1 fully saturated rings. The Balaban J connectivity index is 1.57. The molecule has 1 amide bonds. The third-order valence-electron chi connectivity index (χ3n) is 4.95. The van der Waals surface area contributed by atoms with Crippen LogP contribution in [0.2, 0.25) is 0 Å². The highest BCUT2D eigenvalue weighted by Crippen LogP contribution is 2.26. The first-order chi connectivity index (χ1) is 13.6. The van der Waals surface area contributed by atoms with Crippen LogP contribution in [-0.2, 0) is 25.5 Å². The lowest BCUT2D eigenvalue weighted by atomic mass is 10.0. The van der Waals surface area contributed by atoms with E-state index in [1.165, 1.54) is 11.0 Å². The largest absolute Gasteiger partial charge is 0.480 e. The minimum absolute atomic E-state index is 0.0226. The number of aliphatic carboxylic acids is 1. The Labute approximate surface area is 171 Å². The van der Waals surface area contributed by atoms with Gasteiger partial charge in [0.15, 0.2) is 5.79 Å². The lowest BCUT2D eigenvalue weighted by Crippen LogP contribution is -2.43. The minimum atomic E-state index is -0.993. The van der Waals surface area contributed by atoms with Gasteiger partial charge in [-0.15, -0.1) is 0 Å². The summed E-state index contributed by atoms with van der Waals surface area (Å²) in [4.78, 5) is 25.2. The topological polar surface area (TPSA) is 85.3 Å². The van der Waals surface area contributed by atoms with E-state index < -0.39 is 17.8 Å². The molecule has 7 heteroatoms. The number of ether oxygens (including phenoxy) is 3. The number of carbonyl (C=O) groups is 2. The second kappa shape index (κ2) is 8.55. The number of nitrogens with zero attached hydrogens (tertiary/aromatic N) is 1. The molecule has 1 N–H and O–H groups in total. The SMILES string of the molecule is CC(C)C[C@@H](C(=O)O)N1CC(Oc2ccc(C[C@H]3COC(C)(C)O3)cc2)=CC1=O. The smallest absolute Gasteiger partial charge is 0.326 e. The lowest BCUT2D eigenvalue weighted by Gasteiger charge is -2.25. The zero-order valence-electron chi connectivity index (χ0n) is 17.4.